The van der Waals surface area contributed by atoms with Gasteiger partial charge in [0, 0.05) is 4.57 Å². The minimum atomic E-state index is -2.87. The first-order valence-corrected chi connectivity index (χ1v) is 14.4. The maximum absolute atomic E-state index is 10.2. The lowest BCUT2D eigenvalue weighted by Crippen LogP contribution is -2.50. The third-order valence-electron chi connectivity index (χ3n) is 10.3. The SMILES string of the molecule is CC(C)CCCC(C)[C@H]1CC[C@H]2[C@@H]3CC=C4C[C@@H](O)CC[C@]4(C)[C@H]3CC[C@]12C.O=[P+](O)O. The monoisotopic (exact) mass is 467 g/mol. The molecule has 4 rings (SSSR count). The van der Waals surface area contributed by atoms with E-state index < -0.39 is 8.25 Å². The number of allylic oxidation sites excluding steroid dienone is 1. The van der Waals surface area contributed by atoms with E-state index in [0.29, 0.717) is 10.8 Å². The Hall–Kier alpha value is -0.280. The molecule has 3 fully saturated rings. The second-order valence-corrected chi connectivity index (χ2v) is 12.9. The van der Waals surface area contributed by atoms with Gasteiger partial charge in [-0.15, -0.1) is 9.79 Å². The molecule has 3 N–H and O–H groups in total. The molecule has 4 nitrogen and oxygen atoms in total. The molecule has 0 radical (unpaired) electrons. The third-order valence-corrected chi connectivity index (χ3v) is 10.3. The summed E-state index contributed by atoms with van der Waals surface area (Å²) < 4.78 is 8.70. The second kappa shape index (κ2) is 10.5. The quantitative estimate of drug-likeness (QED) is 0.300. The summed E-state index contributed by atoms with van der Waals surface area (Å²) in [4.78, 5) is 14.2. The maximum Gasteiger partial charge on any atom is 0.692 e. The number of rotatable bonds is 5. The molecule has 0 aromatic carbocycles. The lowest BCUT2D eigenvalue weighted by Gasteiger charge is -2.58. The average molecular weight is 468 g/mol. The van der Waals surface area contributed by atoms with E-state index in [4.69, 9.17) is 14.4 Å². The van der Waals surface area contributed by atoms with Crippen molar-refractivity contribution in [2.45, 2.75) is 111 Å². The fourth-order valence-corrected chi connectivity index (χ4v) is 8.67. The molecule has 0 aliphatic heterocycles. The highest BCUT2D eigenvalue weighted by Crippen LogP contribution is 2.67. The van der Waals surface area contributed by atoms with E-state index in [1.165, 1.54) is 57.8 Å². The standard InChI is InChI=1S/C27H46O.HO3P/c1-18(2)7-6-8-19(3)23-11-12-24-22-10-9-20-17-21(28)13-15-26(20,4)25(22)14-16-27(23,24)5;1-4(2)3/h9,18-19,21-25,28H,6-8,10-17H2,1-5H3;(H-,1,2,3)/p+1/t19?,21-,22-,23+,24-,25-,26-,27+;/m0./s1. The van der Waals surface area contributed by atoms with Crippen LogP contribution < -0.4 is 0 Å². The number of hydrogen-bond donors (Lipinski definition) is 3. The zero-order valence-electron chi connectivity index (χ0n) is 21.1. The Bertz CT molecular complexity index is 687. The smallest absolute Gasteiger partial charge is 0.393 e. The van der Waals surface area contributed by atoms with E-state index >= 15 is 0 Å². The highest BCUT2D eigenvalue weighted by molar-refractivity contribution is 7.30. The van der Waals surface area contributed by atoms with Crippen LogP contribution in [-0.2, 0) is 4.57 Å². The summed E-state index contributed by atoms with van der Waals surface area (Å²) in [7, 11) is -2.87. The Morgan fingerprint density at radius 1 is 1.03 bits per heavy atom. The predicted molar refractivity (Wildman–Crippen MR) is 131 cm³/mol. The van der Waals surface area contributed by atoms with Crippen LogP contribution in [0.1, 0.15) is 105 Å². The fourth-order valence-electron chi connectivity index (χ4n) is 8.67. The second-order valence-electron chi connectivity index (χ2n) is 12.4. The van der Waals surface area contributed by atoms with Crippen LogP contribution >= 0.6 is 8.25 Å². The molecule has 4 aliphatic rings. The van der Waals surface area contributed by atoms with Crippen LogP contribution in [0.25, 0.3) is 0 Å². The highest BCUT2D eigenvalue weighted by Gasteiger charge is 2.59. The molecule has 0 bridgehead atoms. The lowest BCUT2D eigenvalue weighted by molar-refractivity contribution is -0.0573. The van der Waals surface area contributed by atoms with E-state index in [1.54, 1.807) is 5.57 Å². The maximum atomic E-state index is 10.2. The van der Waals surface area contributed by atoms with E-state index in [0.717, 1.165) is 48.3 Å². The van der Waals surface area contributed by atoms with E-state index in [1.807, 2.05) is 0 Å². The van der Waals surface area contributed by atoms with Gasteiger partial charge < -0.3 is 5.11 Å². The number of hydrogen-bond acceptors (Lipinski definition) is 2. The van der Waals surface area contributed by atoms with Crippen LogP contribution in [0, 0.1) is 46.3 Å². The molecule has 0 spiro atoms. The summed E-state index contributed by atoms with van der Waals surface area (Å²) >= 11 is 0. The molecular weight excluding hydrogens is 419 g/mol. The first-order chi connectivity index (χ1) is 15.0. The van der Waals surface area contributed by atoms with Gasteiger partial charge in [-0.2, -0.15) is 0 Å². The number of fused-ring (bicyclic) bond motifs is 5. The minimum Gasteiger partial charge on any atom is -0.393 e. The van der Waals surface area contributed by atoms with Gasteiger partial charge in [-0.25, -0.2) is 0 Å². The van der Waals surface area contributed by atoms with Crippen molar-refractivity contribution in [3.05, 3.63) is 11.6 Å². The van der Waals surface area contributed by atoms with Crippen molar-refractivity contribution in [1.82, 2.24) is 0 Å². The van der Waals surface area contributed by atoms with E-state index in [-0.39, 0.29) is 6.10 Å². The molecule has 0 aromatic rings. The van der Waals surface area contributed by atoms with Gasteiger partial charge in [-0.3, -0.25) is 0 Å². The topological polar surface area (TPSA) is 77.8 Å². The van der Waals surface area contributed by atoms with Gasteiger partial charge in [0.25, 0.3) is 0 Å². The molecule has 1 unspecified atom stereocenters. The van der Waals surface area contributed by atoms with E-state index in [9.17, 15) is 5.11 Å². The van der Waals surface area contributed by atoms with Gasteiger partial charge in [0.15, 0.2) is 0 Å². The Kier molecular flexibility index (Phi) is 8.68. The zero-order valence-corrected chi connectivity index (χ0v) is 22.0. The molecule has 184 valence electrons. The van der Waals surface area contributed by atoms with Crippen molar-refractivity contribution < 1.29 is 19.5 Å². The van der Waals surface area contributed by atoms with Gasteiger partial charge in [-0.05, 0) is 97.7 Å². The van der Waals surface area contributed by atoms with Crippen LogP contribution in [0.2, 0.25) is 0 Å². The third kappa shape index (κ3) is 5.35. The van der Waals surface area contributed by atoms with Gasteiger partial charge in [0.2, 0.25) is 0 Å². The number of aliphatic hydroxyl groups is 1. The Labute approximate surface area is 197 Å². The summed E-state index contributed by atoms with van der Waals surface area (Å²) in [5.41, 5.74) is 2.60. The first kappa shape index (κ1) is 26.3. The van der Waals surface area contributed by atoms with Crippen molar-refractivity contribution in [2.24, 2.45) is 46.3 Å². The molecule has 32 heavy (non-hydrogen) atoms. The van der Waals surface area contributed by atoms with Crippen LogP contribution in [0.4, 0.5) is 0 Å². The molecule has 5 heteroatoms. The van der Waals surface area contributed by atoms with Crippen molar-refractivity contribution in [3.8, 4) is 0 Å². The molecule has 8 atom stereocenters. The van der Waals surface area contributed by atoms with Gasteiger partial charge in [-0.1, -0.05) is 65.5 Å². The van der Waals surface area contributed by atoms with Crippen molar-refractivity contribution in [3.63, 3.8) is 0 Å². The summed E-state index contributed by atoms with van der Waals surface area (Å²) in [5.74, 6) is 5.46. The summed E-state index contributed by atoms with van der Waals surface area (Å²) in [6.45, 7) is 12.6. The summed E-state index contributed by atoms with van der Waals surface area (Å²) in [6.07, 6.45) is 17.2. The average Bonchev–Trinajstić information content (AvgIpc) is 3.05. The van der Waals surface area contributed by atoms with Crippen molar-refractivity contribution in [2.75, 3.05) is 0 Å². The van der Waals surface area contributed by atoms with E-state index in [2.05, 4.69) is 40.7 Å². The molecule has 0 saturated heterocycles. The Morgan fingerprint density at radius 3 is 2.38 bits per heavy atom. The Morgan fingerprint density at radius 2 is 1.72 bits per heavy atom. The first-order valence-electron chi connectivity index (χ1n) is 13.2. The van der Waals surface area contributed by atoms with Crippen LogP contribution in [0.15, 0.2) is 11.6 Å². The van der Waals surface area contributed by atoms with Crippen molar-refractivity contribution in [1.29, 1.82) is 0 Å². The normalized spacial score (nSPS) is 41.5. The molecular formula is C27H48O4P+. The van der Waals surface area contributed by atoms with Crippen molar-refractivity contribution >= 4 is 8.25 Å². The van der Waals surface area contributed by atoms with Crippen LogP contribution in [0.5, 0.6) is 0 Å². The summed E-state index contributed by atoms with van der Waals surface area (Å²) in [5, 5.41) is 10.2. The highest BCUT2D eigenvalue weighted by atomic mass is 31.1. The van der Waals surface area contributed by atoms with Gasteiger partial charge in [0.05, 0.1) is 6.10 Å². The fraction of sp³-hybridized carbons (Fsp3) is 0.926. The summed E-state index contributed by atoms with van der Waals surface area (Å²) in [6, 6.07) is 0. The molecule has 0 heterocycles. The zero-order chi connectivity index (χ0) is 23.7. The predicted octanol–water partition coefficient (Wildman–Crippen LogP) is 7.02. The largest absolute Gasteiger partial charge is 0.692 e. The molecule has 4 aliphatic carbocycles. The Balaban J connectivity index is 0.000000668. The minimum absolute atomic E-state index is 0.0766. The number of aliphatic hydroxyl groups excluding tert-OH is 1. The van der Waals surface area contributed by atoms with Crippen LogP contribution in [0.3, 0.4) is 0 Å². The van der Waals surface area contributed by atoms with Crippen LogP contribution in [-0.4, -0.2) is 21.0 Å². The molecule has 0 amide bonds. The van der Waals surface area contributed by atoms with Gasteiger partial charge in [0.1, 0.15) is 0 Å². The molecule has 3 saturated carbocycles. The molecule has 0 aromatic heterocycles. The van der Waals surface area contributed by atoms with Gasteiger partial charge >= 0.3 is 8.25 Å². The lowest BCUT2D eigenvalue weighted by atomic mass is 9.47.